The first-order valence-electron chi connectivity index (χ1n) is 34.8. The Morgan fingerprint density at radius 3 is 1.23 bits per heavy atom. The van der Waals surface area contributed by atoms with Crippen molar-refractivity contribution in [2.45, 2.75) is 52.4 Å². The van der Waals surface area contributed by atoms with E-state index < -0.39 is 0 Å². The first kappa shape index (κ1) is 58.9. The number of fused-ring (bicyclic) bond motifs is 13. The number of aromatic nitrogens is 3. The van der Waals surface area contributed by atoms with Gasteiger partial charge in [0.05, 0.1) is 67.5 Å². The summed E-state index contributed by atoms with van der Waals surface area (Å²) in [4.78, 5) is 5.26. The minimum atomic E-state index is -0.330. The number of nitriles is 1. The van der Waals surface area contributed by atoms with E-state index in [1.54, 1.807) is 0 Å². The molecule has 0 saturated carbocycles. The SMILES string of the molecule is CC(C)(C)c1ccc2c(c1)N(c1ccccc1-c1ccccc1)c1cc(-c3ccc(C(C)(C)C)c(-n4c5ccccc5c5ccccc54)c3-n3c4ccccc4c4ccccc43)cc3c1B2c1ccc(-n2c4ccccc4c4cc(C#N)ccc42)cc1N3c1ccccc1-c1ccccc1. The van der Waals surface area contributed by atoms with Crippen molar-refractivity contribution < 1.29 is 0 Å². The zero-order valence-electron chi connectivity index (χ0n) is 56.7. The van der Waals surface area contributed by atoms with E-state index in [4.69, 9.17) is 0 Å². The van der Waals surface area contributed by atoms with Crippen LogP contribution in [0.1, 0.15) is 58.2 Å². The quantitative estimate of drug-likeness (QED) is 0.142. The molecule has 0 N–H and O–H groups in total. The molecule has 14 aromatic carbocycles. The first-order valence-corrected chi connectivity index (χ1v) is 34.8. The second-order valence-corrected chi connectivity index (χ2v) is 29.1. The zero-order valence-corrected chi connectivity index (χ0v) is 56.7. The molecule has 0 amide bonds. The lowest BCUT2D eigenvalue weighted by atomic mass is 9.33. The summed E-state index contributed by atoms with van der Waals surface area (Å²) in [6.07, 6.45) is 0. The molecule has 0 saturated heterocycles. The van der Waals surface area contributed by atoms with E-state index in [0.29, 0.717) is 5.56 Å². The molecule has 0 atom stereocenters. The van der Waals surface area contributed by atoms with Gasteiger partial charge < -0.3 is 23.5 Å². The number of hydrogen-bond donors (Lipinski definition) is 0. The van der Waals surface area contributed by atoms with Gasteiger partial charge in [0.15, 0.2) is 0 Å². The fourth-order valence-electron chi connectivity index (χ4n) is 16.8. The van der Waals surface area contributed by atoms with Gasteiger partial charge in [-0.05, 0) is 146 Å². The maximum absolute atomic E-state index is 10.3. The highest BCUT2D eigenvalue weighted by Gasteiger charge is 2.46. The second-order valence-electron chi connectivity index (χ2n) is 29.1. The summed E-state index contributed by atoms with van der Waals surface area (Å²) in [5.41, 5.74) is 29.5. The van der Waals surface area contributed by atoms with Crippen molar-refractivity contribution in [3.63, 3.8) is 0 Å². The van der Waals surface area contributed by atoms with Crippen LogP contribution in [-0.4, -0.2) is 20.4 Å². The lowest BCUT2D eigenvalue weighted by Crippen LogP contribution is -2.61. The van der Waals surface area contributed by atoms with Crippen molar-refractivity contribution >= 4 is 123 Å². The van der Waals surface area contributed by atoms with Crippen molar-refractivity contribution in [3.05, 3.63) is 326 Å². The van der Waals surface area contributed by atoms with Crippen molar-refractivity contribution in [3.8, 4) is 56.5 Å². The third-order valence-corrected chi connectivity index (χ3v) is 21.3. The van der Waals surface area contributed by atoms with Gasteiger partial charge >= 0.3 is 0 Å². The number of rotatable bonds is 8. The van der Waals surface area contributed by atoms with E-state index in [1.165, 1.54) is 49.1 Å². The van der Waals surface area contributed by atoms with Crippen molar-refractivity contribution in [1.82, 2.24) is 13.7 Å². The smallest absolute Gasteiger partial charge is 0.252 e. The topological polar surface area (TPSA) is 45.1 Å². The van der Waals surface area contributed by atoms with Crippen LogP contribution in [0.4, 0.5) is 34.1 Å². The van der Waals surface area contributed by atoms with Crippen LogP contribution in [0.3, 0.4) is 0 Å². The summed E-state index contributed by atoms with van der Waals surface area (Å²) in [5.74, 6) is 0. The van der Waals surface area contributed by atoms with Crippen LogP contribution in [-0.2, 0) is 10.8 Å². The fraction of sp³-hybridized carbons (Fsp3) is 0.0860. The highest BCUT2D eigenvalue weighted by Crippen LogP contribution is 2.53. The van der Waals surface area contributed by atoms with E-state index in [9.17, 15) is 5.26 Å². The normalized spacial score (nSPS) is 12.8. The Balaban J connectivity index is 1.01. The Labute approximate surface area is 582 Å². The van der Waals surface area contributed by atoms with Crippen LogP contribution < -0.4 is 26.2 Å². The van der Waals surface area contributed by atoms with Crippen molar-refractivity contribution in [1.29, 1.82) is 5.26 Å². The van der Waals surface area contributed by atoms with E-state index in [0.717, 1.165) is 128 Å². The van der Waals surface area contributed by atoms with Gasteiger partial charge in [-0.1, -0.05) is 260 Å². The number of anilines is 6. The molecule has 2 aliphatic heterocycles. The predicted molar refractivity (Wildman–Crippen MR) is 422 cm³/mol. The average molecular weight is 1280 g/mol. The van der Waals surface area contributed by atoms with Crippen LogP contribution in [0.15, 0.2) is 309 Å². The molecule has 7 heteroatoms. The molecular formula is C93H69BN6. The predicted octanol–water partition coefficient (Wildman–Crippen LogP) is 22.5. The molecule has 2 aliphatic rings. The third-order valence-electron chi connectivity index (χ3n) is 21.3. The van der Waals surface area contributed by atoms with Gasteiger partial charge in [-0.15, -0.1) is 0 Å². The number of benzene rings is 14. The monoisotopic (exact) mass is 1280 g/mol. The maximum Gasteiger partial charge on any atom is 0.252 e. The molecule has 17 aromatic rings. The van der Waals surface area contributed by atoms with Gasteiger partial charge in [0.2, 0.25) is 0 Å². The van der Waals surface area contributed by atoms with Gasteiger partial charge in [-0.25, -0.2) is 0 Å². The van der Waals surface area contributed by atoms with Crippen LogP contribution in [0, 0.1) is 11.3 Å². The molecular weight excluding hydrogens is 1210 g/mol. The summed E-state index contributed by atoms with van der Waals surface area (Å²) in [5, 5.41) is 17.3. The lowest BCUT2D eigenvalue weighted by molar-refractivity contribution is 0.587. The van der Waals surface area contributed by atoms with E-state index >= 15 is 0 Å². The largest absolute Gasteiger partial charge is 0.311 e. The van der Waals surface area contributed by atoms with Gasteiger partial charge in [0.1, 0.15) is 0 Å². The maximum atomic E-state index is 10.3. The summed E-state index contributed by atoms with van der Waals surface area (Å²) < 4.78 is 7.60. The van der Waals surface area contributed by atoms with Crippen molar-refractivity contribution in [2.75, 3.05) is 9.80 Å². The van der Waals surface area contributed by atoms with Gasteiger partial charge in [0, 0.05) is 77.4 Å². The molecule has 3 aromatic heterocycles. The molecule has 0 unspecified atom stereocenters. The van der Waals surface area contributed by atoms with Gasteiger partial charge in [-0.2, -0.15) is 5.26 Å². The summed E-state index contributed by atoms with van der Waals surface area (Å²) in [6.45, 7) is 13.9. The Kier molecular flexibility index (Phi) is 13.2. The van der Waals surface area contributed by atoms with Crippen LogP contribution in [0.2, 0.25) is 0 Å². The second kappa shape index (κ2) is 22.3. The number of para-hydroxylation sites is 7. The third kappa shape index (κ3) is 8.89. The van der Waals surface area contributed by atoms with Crippen LogP contribution in [0.5, 0.6) is 0 Å². The molecule has 0 fully saturated rings. The summed E-state index contributed by atoms with van der Waals surface area (Å²) >= 11 is 0. The molecule has 0 radical (unpaired) electrons. The van der Waals surface area contributed by atoms with E-state index in [2.05, 4.69) is 374 Å². The Morgan fingerprint density at radius 2 is 0.730 bits per heavy atom. The average Bonchev–Trinajstić information content (AvgIpc) is 0.742. The van der Waals surface area contributed by atoms with Gasteiger partial charge in [-0.3, -0.25) is 0 Å². The lowest BCUT2D eigenvalue weighted by Gasteiger charge is -2.45. The van der Waals surface area contributed by atoms with Crippen molar-refractivity contribution in [2.24, 2.45) is 0 Å². The standard InChI is InChI=1S/C93H69BN6/c1-92(2,3)63-46-50-75-85(56-63)97(77-38-20-13-31-65(77)60-27-9-7-10-28-60)87-54-62(67-48-49-74(93(4,5)6)91(100-82-43-25-17-35-70(82)71-36-18-26-44-83(71)100)90(67)99-80-41-23-15-33-68(80)69-34-16-24-42-81(69)99)55-88-89(87)94(75)76-51-47-64(96-79-40-22-19-37-72(79)73-53-59(58-95)45-52-84(73)96)57-86(76)98(88)78-39-21-14-32-66(78)61-29-11-8-12-30-61/h7-57H,1-6H3. The molecule has 0 aliphatic carbocycles. The van der Waals surface area contributed by atoms with Crippen LogP contribution >= 0.6 is 0 Å². The van der Waals surface area contributed by atoms with Gasteiger partial charge in [0.25, 0.3) is 6.71 Å². The molecule has 0 spiro atoms. The molecule has 0 bridgehead atoms. The Morgan fingerprint density at radius 1 is 0.300 bits per heavy atom. The zero-order chi connectivity index (χ0) is 67.3. The highest BCUT2D eigenvalue weighted by atomic mass is 15.2. The molecule has 100 heavy (non-hydrogen) atoms. The minimum absolute atomic E-state index is 0.185. The van der Waals surface area contributed by atoms with Crippen LogP contribution in [0.25, 0.3) is 116 Å². The highest BCUT2D eigenvalue weighted by molar-refractivity contribution is 7.00. The Bertz CT molecular complexity index is 6180. The minimum Gasteiger partial charge on any atom is -0.311 e. The molecule has 6 nitrogen and oxygen atoms in total. The molecule has 19 rings (SSSR count). The fourth-order valence-corrected chi connectivity index (χ4v) is 16.8. The molecule has 5 heterocycles. The first-order chi connectivity index (χ1) is 48.9. The number of nitrogens with zero attached hydrogens (tertiary/aromatic N) is 6. The summed E-state index contributed by atoms with van der Waals surface area (Å²) in [7, 11) is 0. The van der Waals surface area contributed by atoms with E-state index in [1.807, 2.05) is 6.07 Å². The van der Waals surface area contributed by atoms with E-state index in [-0.39, 0.29) is 17.5 Å². The summed E-state index contributed by atoms with van der Waals surface area (Å²) in [6, 6.07) is 118. The Hall–Kier alpha value is -12.4. The molecule has 474 valence electrons. The number of hydrogen-bond acceptors (Lipinski definition) is 3.